The van der Waals surface area contributed by atoms with Crippen molar-refractivity contribution in [1.29, 1.82) is 0 Å². The second kappa shape index (κ2) is 12.3. The van der Waals surface area contributed by atoms with Gasteiger partial charge in [0, 0.05) is 61.4 Å². The summed E-state index contributed by atoms with van der Waals surface area (Å²) in [5.74, 6) is 1.62. The topological polar surface area (TPSA) is 46.8 Å². The van der Waals surface area contributed by atoms with Crippen LogP contribution in [0.5, 0.6) is 5.75 Å². The Morgan fingerprint density at radius 2 is 1.72 bits per heavy atom. The van der Waals surface area contributed by atoms with Crippen LogP contribution in [0.2, 0.25) is 5.02 Å². The number of methoxy groups -OCH3 is 1. The van der Waals surface area contributed by atoms with E-state index in [4.69, 9.17) is 16.3 Å². The summed E-state index contributed by atoms with van der Waals surface area (Å²) < 4.78 is 5.54. The summed E-state index contributed by atoms with van der Waals surface area (Å²) in [4.78, 5) is 11.1. The van der Waals surface area contributed by atoms with Gasteiger partial charge < -0.3 is 24.8 Å². The monoisotopic (exact) mass is 509 g/mol. The van der Waals surface area contributed by atoms with Crippen LogP contribution in [0, 0.1) is 0 Å². The third-order valence-corrected chi connectivity index (χ3v) is 8.17. The number of rotatable bonds is 10. The molecule has 194 valence electrons. The number of ether oxygens (including phenoxy) is 1. The quantitative estimate of drug-likeness (QED) is 0.384. The molecule has 0 bridgehead atoms. The minimum atomic E-state index is 0.651. The van der Waals surface area contributed by atoms with Gasteiger partial charge in [0.1, 0.15) is 5.75 Å². The van der Waals surface area contributed by atoms with E-state index in [1.54, 1.807) is 7.11 Å². The number of aromatic nitrogens is 1. The summed E-state index contributed by atoms with van der Waals surface area (Å²) in [6.07, 6.45) is 5.90. The van der Waals surface area contributed by atoms with E-state index in [-0.39, 0.29) is 0 Å². The Kier molecular flexibility index (Phi) is 8.70. The second-order valence-corrected chi connectivity index (χ2v) is 10.6. The number of piperazine rings is 1. The molecule has 0 aliphatic carbocycles. The van der Waals surface area contributed by atoms with Gasteiger partial charge in [-0.3, -0.25) is 4.90 Å². The molecule has 0 atom stereocenters. The Morgan fingerprint density at radius 1 is 0.944 bits per heavy atom. The molecule has 7 heteroatoms. The first-order valence-electron chi connectivity index (χ1n) is 13.5. The van der Waals surface area contributed by atoms with Crippen LogP contribution < -0.4 is 15.0 Å². The van der Waals surface area contributed by atoms with Crippen molar-refractivity contribution in [2.45, 2.75) is 25.2 Å². The van der Waals surface area contributed by atoms with Crippen molar-refractivity contribution in [2.75, 3.05) is 77.5 Å². The number of hydrogen-bond donors (Lipinski definition) is 2. The Balaban J connectivity index is 0.942. The zero-order valence-electron chi connectivity index (χ0n) is 21.5. The number of nitrogens with one attached hydrogen (secondary N) is 2. The molecule has 36 heavy (non-hydrogen) atoms. The van der Waals surface area contributed by atoms with Crippen LogP contribution in [-0.4, -0.2) is 87.3 Å². The van der Waals surface area contributed by atoms with Crippen molar-refractivity contribution in [1.82, 2.24) is 20.1 Å². The molecule has 0 unspecified atom stereocenters. The Bertz CT molecular complexity index is 1100. The highest BCUT2D eigenvalue weighted by molar-refractivity contribution is 6.31. The van der Waals surface area contributed by atoms with Gasteiger partial charge in [-0.2, -0.15) is 0 Å². The zero-order valence-corrected chi connectivity index (χ0v) is 22.3. The number of para-hydroxylation sites is 2. The average molecular weight is 510 g/mol. The summed E-state index contributed by atoms with van der Waals surface area (Å²) in [5.41, 5.74) is 3.84. The van der Waals surface area contributed by atoms with Crippen molar-refractivity contribution >= 4 is 28.2 Å². The molecule has 1 aromatic heterocycles. The van der Waals surface area contributed by atoms with Crippen molar-refractivity contribution in [3.63, 3.8) is 0 Å². The summed E-state index contributed by atoms with van der Waals surface area (Å²) >= 11 is 6.15. The molecule has 5 rings (SSSR count). The van der Waals surface area contributed by atoms with Gasteiger partial charge in [0.25, 0.3) is 0 Å². The fourth-order valence-electron chi connectivity index (χ4n) is 5.82. The van der Waals surface area contributed by atoms with Crippen molar-refractivity contribution in [3.8, 4) is 5.75 Å². The van der Waals surface area contributed by atoms with Crippen LogP contribution in [0.25, 0.3) is 10.9 Å². The van der Waals surface area contributed by atoms with Gasteiger partial charge >= 0.3 is 0 Å². The number of H-pyrrole nitrogens is 1. The van der Waals surface area contributed by atoms with Crippen molar-refractivity contribution in [2.24, 2.45) is 0 Å². The molecule has 6 nitrogen and oxygen atoms in total. The van der Waals surface area contributed by atoms with E-state index >= 15 is 0 Å². The minimum Gasteiger partial charge on any atom is -0.495 e. The van der Waals surface area contributed by atoms with Crippen LogP contribution >= 0.6 is 11.6 Å². The standard InChI is InChI=1S/C29H40ClN5O/c1-36-29-6-3-2-5-28(29)35-19-17-34(18-20-35)16-12-31-11-4-13-33-14-9-23(10-15-33)26-22-32-27-21-24(30)7-8-25(26)27/h2-3,5-8,21-23,31-32H,4,9-20H2,1H3. The van der Waals surface area contributed by atoms with E-state index in [0.717, 1.165) is 62.1 Å². The molecule has 0 amide bonds. The zero-order chi connectivity index (χ0) is 24.7. The molecular weight excluding hydrogens is 470 g/mol. The average Bonchev–Trinajstić information content (AvgIpc) is 3.34. The van der Waals surface area contributed by atoms with E-state index in [1.165, 1.54) is 55.5 Å². The fraction of sp³-hybridized carbons (Fsp3) is 0.517. The van der Waals surface area contributed by atoms with Gasteiger partial charge in [-0.05, 0) is 81.2 Å². The maximum absolute atomic E-state index is 6.15. The molecular formula is C29H40ClN5O. The highest BCUT2D eigenvalue weighted by atomic mass is 35.5. The van der Waals surface area contributed by atoms with E-state index in [9.17, 15) is 0 Å². The predicted octanol–water partition coefficient (Wildman–Crippen LogP) is 4.81. The number of nitrogens with zero attached hydrogens (tertiary/aromatic N) is 3. The summed E-state index contributed by atoms with van der Waals surface area (Å²) in [7, 11) is 1.75. The maximum atomic E-state index is 6.15. The van der Waals surface area contributed by atoms with Gasteiger partial charge in [0.2, 0.25) is 0 Å². The van der Waals surface area contributed by atoms with Crippen LogP contribution in [0.3, 0.4) is 0 Å². The molecule has 0 spiro atoms. The van der Waals surface area contributed by atoms with Crippen LogP contribution in [0.15, 0.2) is 48.7 Å². The lowest BCUT2D eigenvalue weighted by molar-refractivity contribution is 0.209. The number of halogens is 1. The van der Waals surface area contributed by atoms with E-state index < -0.39 is 0 Å². The minimum absolute atomic E-state index is 0.651. The van der Waals surface area contributed by atoms with Crippen LogP contribution in [0.1, 0.15) is 30.7 Å². The fourth-order valence-corrected chi connectivity index (χ4v) is 5.99. The largest absolute Gasteiger partial charge is 0.495 e. The molecule has 2 saturated heterocycles. The number of piperidine rings is 1. The summed E-state index contributed by atoms with van der Waals surface area (Å²) in [6, 6.07) is 14.6. The lowest BCUT2D eigenvalue weighted by Gasteiger charge is -2.36. The first kappa shape index (κ1) is 25.4. The lowest BCUT2D eigenvalue weighted by Crippen LogP contribution is -2.48. The number of hydrogen-bond acceptors (Lipinski definition) is 5. The summed E-state index contributed by atoms with van der Waals surface area (Å²) in [5, 5.41) is 5.81. The first-order chi connectivity index (χ1) is 17.7. The van der Waals surface area contributed by atoms with E-state index in [2.05, 4.69) is 49.4 Å². The lowest BCUT2D eigenvalue weighted by atomic mass is 9.89. The molecule has 2 aromatic carbocycles. The number of fused-ring (bicyclic) bond motifs is 1. The van der Waals surface area contributed by atoms with Gasteiger partial charge in [-0.25, -0.2) is 0 Å². The molecule has 2 N–H and O–H groups in total. The molecule has 0 radical (unpaired) electrons. The highest BCUT2D eigenvalue weighted by Gasteiger charge is 2.23. The molecule has 3 heterocycles. The van der Waals surface area contributed by atoms with E-state index in [0.29, 0.717) is 5.92 Å². The third kappa shape index (κ3) is 6.17. The predicted molar refractivity (Wildman–Crippen MR) is 151 cm³/mol. The van der Waals surface area contributed by atoms with Gasteiger partial charge in [-0.15, -0.1) is 0 Å². The SMILES string of the molecule is COc1ccccc1N1CCN(CCNCCCN2CCC(c3c[nH]c4cc(Cl)ccc34)CC2)CC1. The van der Waals surface area contributed by atoms with Gasteiger partial charge in [0.05, 0.1) is 12.8 Å². The van der Waals surface area contributed by atoms with Gasteiger partial charge in [-0.1, -0.05) is 29.8 Å². The molecule has 2 aliphatic heterocycles. The van der Waals surface area contributed by atoms with Gasteiger partial charge in [0.15, 0.2) is 0 Å². The van der Waals surface area contributed by atoms with Crippen molar-refractivity contribution in [3.05, 3.63) is 59.2 Å². The Hall–Kier alpha value is -2.25. The third-order valence-electron chi connectivity index (χ3n) is 7.93. The molecule has 3 aromatic rings. The smallest absolute Gasteiger partial charge is 0.142 e. The number of likely N-dealkylation sites (tertiary alicyclic amines) is 1. The summed E-state index contributed by atoms with van der Waals surface area (Å²) in [6.45, 7) is 11.2. The number of aromatic amines is 1. The maximum Gasteiger partial charge on any atom is 0.142 e. The van der Waals surface area contributed by atoms with Crippen molar-refractivity contribution < 1.29 is 4.74 Å². The highest BCUT2D eigenvalue weighted by Crippen LogP contribution is 2.34. The Morgan fingerprint density at radius 3 is 2.53 bits per heavy atom. The molecule has 2 aliphatic rings. The number of anilines is 1. The molecule has 0 saturated carbocycles. The normalized spacial score (nSPS) is 18.2. The Labute approximate surface area is 220 Å². The molecule has 2 fully saturated rings. The van der Waals surface area contributed by atoms with Crippen LogP contribution in [0.4, 0.5) is 5.69 Å². The first-order valence-corrected chi connectivity index (χ1v) is 13.9. The second-order valence-electron chi connectivity index (χ2n) is 10.2. The van der Waals surface area contributed by atoms with E-state index in [1.807, 2.05) is 24.3 Å². The van der Waals surface area contributed by atoms with Crippen LogP contribution in [-0.2, 0) is 0 Å². The number of benzene rings is 2.